The van der Waals surface area contributed by atoms with Crippen LogP contribution in [0.5, 0.6) is 0 Å². The summed E-state index contributed by atoms with van der Waals surface area (Å²) in [5, 5.41) is 26.0. The average Bonchev–Trinajstić information content (AvgIpc) is 2.79. The van der Waals surface area contributed by atoms with Crippen LogP contribution in [0, 0.1) is 5.92 Å². The molecule has 0 radical (unpaired) electrons. The Labute approximate surface area is 96.4 Å². The van der Waals surface area contributed by atoms with Crippen LogP contribution in [0.25, 0.3) is 0 Å². The summed E-state index contributed by atoms with van der Waals surface area (Å²) in [6.07, 6.45) is 1.67. The molecule has 2 heterocycles. The Balaban J connectivity index is 1.79. The van der Waals surface area contributed by atoms with Crippen LogP contribution in [0.15, 0.2) is 5.16 Å². The maximum atomic E-state index is 10.8. The van der Waals surface area contributed by atoms with Crippen LogP contribution < -0.4 is 5.32 Å². The maximum absolute atomic E-state index is 10.8. The Bertz CT molecular complexity index is 344. The lowest BCUT2D eigenvalue weighted by atomic mass is 9.94. The third-order valence-corrected chi connectivity index (χ3v) is 3.68. The Morgan fingerprint density at radius 2 is 2.50 bits per heavy atom. The summed E-state index contributed by atoms with van der Waals surface area (Å²) in [6.45, 7) is 0.761. The van der Waals surface area contributed by atoms with Gasteiger partial charge >= 0.3 is 5.97 Å². The van der Waals surface area contributed by atoms with Crippen molar-refractivity contribution < 1.29 is 9.90 Å². The lowest BCUT2D eigenvalue weighted by Crippen LogP contribution is -2.43. The summed E-state index contributed by atoms with van der Waals surface area (Å²) in [4.78, 5) is 10.8. The number of aromatic amines is 1. The molecule has 8 heteroatoms. The molecule has 0 saturated carbocycles. The van der Waals surface area contributed by atoms with Gasteiger partial charge < -0.3 is 10.4 Å². The second-order valence-electron chi connectivity index (χ2n) is 3.75. The zero-order chi connectivity index (χ0) is 11.4. The average molecular weight is 243 g/mol. The number of carboxylic acids is 1. The van der Waals surface area contributed by atoms with Gasteiger partial charge in [-0.15, -0.1) is 5.10 Å². The van der Waals surface area contributed by atoms with Crippen molar-refractivity contribution >= 4 is 17.7 Å². The zero-order valence-corrected chi connectivity index (χ0v) is 9.40. The smallest absolute Gasteiger partial charge is 0.320 e. The standard InChI is InChI=1S/C8H13N5O2S/c14-7(15)6-3-5(1-2-9-6)4-16-8-10-12-13-11-8/h5-6,9H,1-4H2,(H,14,15)(H,10,11,12,13)/t5?,6-/m0/s1. The molecular weight excluding hydrogens is 230 g/mol. The number of rotatable bonds is 4. The van der Waals surface area contributed by atoms with Crippen molar-refractivity contribution in [1.82, 2.24) is 25.9 Å². The molecule has 0 bridgehead atoms. The number of H-pyrrole nitrogens is 1. The van der Waals surface area contributed by atoms with Crippen LogP contribution in [-0.4, -0.2) is 50.0 Å². The second-order valence-corrected chi connectivity index (χ2v) is 4.76. The maximum Gasteiger partial charge on any atom is 0.320 e. The molecule has 0 aromatic carbocycles. The van der Waals surface area contributed by atoms with Crippen LogP contribution in [0.4, 0.5) is 0 Å². The molecule has 16 heavy (non-hydrogen) atoms. The molecule has 1 aromatic rings. The summed E-state index contributed by atoms with van der Waals surface area (Å²) < 4.78 is 0. The second kappa shape index (κ2) is 5.26. The molecule has 1 unspecified atom stereocenters. The minimum atomic E-state index is -0.768. The molecule has 0 aliphatic carbocycles. The number of aromatic nitrogens is 4. The van der Waals surface area contributed by atoms with Crippen LogP contribution in [0.1, 0.15) is 12.8 Å². The van der Waals surface area contributed by atoms with Crippen LogP contribution in [-0.2, 0) is 4.79 Å². The van der Waals surface area contributed by atoms with E-state index in [9.17, 15) is 4.79 Å². The van der Waals surface area contributed by atoms with E-state index in [-0.39, 0.29) is 0 Å². The number of hydrogen-bond acceptors (Lipinski definition) is 6. The monoisotopic (exact) mass is 243 g/mol. The van der Waals surface area contributed by atoms with E-state index in [1.807, 2.05) is 0 Å². The number of nitrogens with one attached hydrogen (secondary N) is 2. The Hall–Kier alpha value is -1.15. The molecule has 2 rings (SSSR count). The number of carboxylic acid groups (broad SMARTS) is 1. The Morgan fingerprint density at radius 3 is 3.19 bits per heavy atom. The van der Waals surface area contributed by atoms with Gasteiger partial charge in [-0.25, -0.2) is 5.10 Å². The third-order valence-electron chi connectivity index (χ3n) is 2.59. The van der Waals surface area contributed by atoms with Crippen molar-refractivity contribution in [3.05, 3.63) is 0 Å². The SMILES string of the molecule is O=C(O)[C@@H]1CC(CSc2nnn[nH]2)CCN1. The topological polar surface area (TPSA) is 104 Å². The highest BCUT2D eigenvalue weighted by Gasteiger charge is 2.26. The molecule has 7 nitrogen and oxygen atoms in total. The molecule has 1 aliphatic rings. The molecule has 1 aliphatic heterocycles. The number of carbonyl (C=O) groups is 1. The molecule has 2 atom stereocenters. The Kier molecular flexibility index (Phi) is 3.73. The zero-order valence-electron chi connectivity index (χ0n) is 8.59. The van der Waals surface area contributed by atoms with E-state index in [0.717, 1.165) is 18.7 Å². The highest BCUT2D eigenvalue weighted by molar-refractivity contribution is 7.99. The molecule has 0 amide bonds. The van der Waals surface area contributed by atoms with E-state index in [2.05, 4.69) is 25.9 Å². The van der Waals surface area contributed by atoms with Crippen molar-refractivity contribution in [1.29, 1.82) is 0 Å². The molecular formula is C8H13N5O2S. The quantitative estimate of drug-likeness (QED) is 0.626. The predicted molar refractivity (Wildman–Crippen MR) is 57.1 cm³/mol. The first kappa shape index (κ1) is 11.3. The van der Waals surface area contributed by atoms with E-state index < -0.39 is 12.0 Å². The minimum absolute atomic E-state index is 0.400. The van der Waals surface area contributed by atoms with Crippen molar-refractivity contribution in [2.75, 3.05) is 12.3 Å². The number of aliphatic carboxylic acids is 1. The molecule has 88 valence electrons. The number of piperidine rings is 1. The van der Waals surface area contributed by atoms with Gasteiger partial charge in [0.1, 0.15) is 6.04 Å². The van der Waals surface area contributed by atoms with E-state index in [4.69, 9.17) is 5.11 Å². The number of tetrazole rings is 1. The fourth-order valence-electron chi connectivity index (χ4n) is 1.74. The molecule has 1 saturated heterocycles. The predicted octanol–water partition coefficient (Wildman–Crippen LogP) is -0.255. The lowest BCUT2D eigenvalue weighted by molar-refractivity contribution is -0.140. The largest absolute Gasteiger partial charge is 0.480 e. The van der Waals surface area contributed by atoms with Crippen LogP contribution in [0.2, 0.25) is 0 Å². The summed E-state index contributed by atoms with van der Waals surface area (Å²) in [5.74, 6) is 0.482. The van der Waals surface area contributed by atoms with Crippen LogP contribution >= 0.6 is 11.8 Å². The van der Waals surface area contributed by atoms with E-state index >= 15 is 0 Å². The summed E-state index contributed by atoms with van der Waals surface area (Å²) in [7, 11) is 0. The van der Waals surface area contributed by atoms with E-state index in [1.165, 1.54) is 11.8 Å². The molecule has 1 fully saturated rings. The highest BCUT2D eigenvalue weighted by Crippen LogP contribution is 2.23. The number of nitrogens with zero attached hydrogens (tertiary/aromatic N) is 3. The van der Waals surface area contributed by atoms with Gasteiger partial charge in [0.05, 0.1) is 0 Å². The number of hydrogen-bond donors (Lipinski definition) is 3. The highest BCUT2D eigenvalue weighted by atomic mass is 32.2. The fraction of sp³-hybridized carbons (Fsp3) is 0.750. The van der Waals surface area contributed by atoms with Gasteiger partial charge in [0.15, 0.2) is 0 Å². The normalized spacial score (nSPS) is 25.5. The fourth-order valence-corrected chi connectivity index (χ4v) is 2.64. The first-order chi connectivity index (χ1) is 7.75. The van der Waals surface area contributed by atoms with Crippen LogP contribution in [0.3, 0.4) is 0 Å². The third kappa shape index (κ3) is 2.92. The van der Waals surface area contributed by atoms with Gasteiger partial charge in [-0.05, 0) is 35.7 Å². The van der Waals surface area contributed by atoms with Gasteiger partial charge in [0, 0.05) is 5.75 Å². The van der Waals surface area contributed by atoms with Gasteiger partial charge in [-0.2, -0.15) is 0 Å². The summed E-state index contributed by atoms with van der Waals surface area (Å²) >= 11 is 1.53. The van der Waals surface area contributed by atoms with Gasteiger partial charge in [0.2, 0.25) is 5.16 Å². The van der Waals surface area contributed by atoms with E-state index in [0.29, 0.717) is 17.5 Å². The van der Waals surface area contributed by atoms with Gasteiger partial charge in [-0.3, -0.25) is 4.79 Å². The number of thioether (sulfide) groups is 1. The summed E-state index contributed by atoms with van der Waals surface area (Å²) in [5.41, 5.74) is 0. The van der Waals surface area contributed by atoms with Crippen molar-refractivity contribution in [3.8, 4) is 0 Å². The van der Waals surface area contributed by atoms with Crippen molar-refractivity contribution in [3.63, 3.8) is 0 Å². The van der Waals surface area contributed by atoms with Crippen molar-refractivity contribution in [2.24, 2.45) is 5.92 Å². The van der Waals surface area contributed by atoms with Crippen molar-refractivity contribution in [2.45, 2.75) is 24.0 Å². The first-order valence-electron chi connectivity index (χ1n) is 5.08. The van der Waals surface area contributed by atoms with E-state index in [1.54, 1.807) is 0 Å². The lowest BCUT2D eigenvalue weighted by Gasteiger charge is -2.27. The first-order valence-corrected chi connectivity index (χ1v) is 6.07. The van der Waals surface area contributed by atoms with Gasteiger partial charge in [-0.1, -0.05) is 11.8 Å². The summed E-state index contributed by atoms with van der Waals surface area (Å²) in [6, 6.07) is -0.410. The Morgan fingerprint density at radius 1 is 1.62 bits per heavy atom. The minimum Gasteiger partial charge on any atom is -0.480 e. The molecule has 1 aromatic heterocycles. The van der Waals surface area contributed by atoms with Gasteiger partial charge in [0.25, 0.3) is 0 Å². The molecule has 0 spiro atoms. The molecule has 3 N–H and O–H groups in total.